The molecule has 0 fully saturated rings. The van der Waals surface area contributed by atoms with Gasteiger partial charge in [-0.2, -0.15) is 0 Å². The van der Waals surface area contributed by atoms with Crippen LogP contribution in [0.3, 0.4) is 0 Å². The molecule has 0 aromatic heterocycles. The van der Waals surface area contributed by atoms with Crippen molar-refractivity contribution in [1.29, 1.82) is 0 Å². The number of allylic oxidation sites excluding steroid dienone is 4. The standard InChI is InChI=1S/C44H82N2O/c1-6-9-12-15-18-19-20-25-30-37-46(39-32-36-45-43-40(4)41(5)44(43)47)38-31-26-21-24-29-35-42(33-27-22-16-13-10-7-2)34-28-23-17-14-11-8-3/h9,12,42,45H,5-8,10-11,13-39H2,1-4H3/b12-9+. The number of rotatable bonds is 36. The van der Waals surface area contributed by atoms with Crippen molar-refractivity contribution in [3.8, 4) is 0 Å². The second kappa shape index (κ2) is 31.9. The molecule has 0 spiro atoms. The van der Waals surface area contributed by atoms with Crippen LogP contribution in [0.25, 0.3) is 0 Å². The molecule has 3 heteroatoms. The van der Waals surface area contributed by atoms with Crippen molar-refractivity contribution in [3.05, 3.63) is 35.6 Å². The van der Waals surface area contributed by atoms with E-state index in [9.17, 15) is 4.79 Å². The summed E-state index contributed by atoms with van der Waals surface area (Å²) < 4.78 is 0. The lowest BCUT2D eigenvalue weighted by Gasteiger charge is -2.25. The zero-order chi connectivity index (χ0) is 34.2. The molecule has 274 valence electrons. The molecule has 1 N–H and O–H groups in total. The van der Waals surface area contributed by atoms with E-state index in [0.29, 0.717) is 5.57 Å². The molecule has 0 aliphatic heterocycles. The Morgan fingerprint density at radius 1 is 0.596 bits per heavy atom. The number of carbonyl (C=O) groups is 1. The number of hydrogen-bond donors (Lipinski definition) is 1. The number of nitrogens with zero attached hydrogens (tertiary/aromatic N) is 1. The normalized spacial score (nSPS) is 13.6. The van der Waals surface area contributed by atoms with Crippen molar-refractivity contribution in [2.24, 2.45) is 5.92 Å². The van der Waals surface area contributed by atoms with Gasteiger partial charge in [0, 0.05) is 12.1 Å². The molecule has 0 saturated heterocycles. The van der Waals surface area contributed by atoms with Gasteiger partial charge in [-0.15, -0.1) is 0 Å². The smallest absolute Gasteiger partial charge is 0.208 e. The Labute approximate surface area is 295 Å². The number of hydrogen-bond acceptors (Lipinski definition) is 3. The summed E-state index contributed by atoms with van der Waals surface area (Å²) in [7, 11) is 0. The number of Topliss-reactive ketones (excluding diaryl/α,β-unsaturated/α-hetero) is 1. The monoisotopic (exact) mass is 655 g/mol. The third kappa shape index (κ3) is 23.6. The van der Waals surface area contributed by atoms with Crippen LogP contribution in [0.15, 0.2) is 35.6 Å². The maximum absolute atomic E-state index is 12.0. The number of unbranched alkanes of at least 4 members (excludes halogenated alkanes) is 19. The van der Waals surface area contributed by atoms with E-state index in [2.05, 4.69) is 49.7 Å². The fourth-order valence-electron chi connectivity index (χ4n) is 7.22. The fourth-order valence-corrected chi connectivity index (χ4v) is 7.22. The first kappa shape index (κ1) is 43.7. The quantitative estimate of drug-likeness (QED) is 0.0414. The van der Waals surface area contributed by atoms with E-state index in [1.807, 2.05) is 6.92 Å². The molecule has 0 aromatic carbocycles. The molecule has 0 aromatic rings. The Hall–Kier alpha value is -1.35. The summed E-state index contributed by atoms with van der Waals surface area (Å²) >= 11 is 0. The van der Waals surface area contributed by atoms with Gasteiger partial charge in [0.1, 0.15) is 0 Å². The highest BCUT2D eigenvalue weighted by atomic mass is 16.1. The minimum atomic E-state index is 0.112. The van der Waals surface area contributed by atoms with Gasteiger partial charge in [-0.3, -0.25) is 4.79 Å². The van der Waals surface area contributed by atoms with Gasteiger partial charge in [-0.25, -0.2) is 0 Å². The summed E-state index contributed by atoms with van der Waals surface area (Å²) in [5.41, 5.74) is 2.53. The molecule has 47 heavy (non-hydrogen) atoms. The largest absolute Gasteiger partial charge is 0.382 e. The van der Waals surface area contributed by atoms with Gasteiger partial charge in [0.05, 0.1) is 5.70 Å². The number of ketones is 1. The molecule has 0 saturated carbocycles. The molecule has 0 bridgehead atoms. The molecule has 0 amide bonds. The predicted molar refractivity (Wildman–Crippen MR) is 210 cm³/mol. The zero-order valence-electron chi connectivity index (χ0n) is 32.4. The van der Waals surface area contributed by atoms with E-state index in [4.69, 9.17) is 0 Å². The minimum absolute atomic E-state index is 0.112. The van der Waals surface area contributed by atoms with Crippen molar-refractivity contribution < 1.29 is 4.79 Å². The van der Waals surface area contributed by atoms with Gasteiger partial charge >= 0.3 is 0 Å². The average molecular weight is 655 g/mol. The number of nitrogens with one attached hydrogen (secondary N) is 1. The molecule has 0 unspecified atom stereocenters. The molecule has 1 rings (SSSR count). The van der Waals surface area contributed by atoms with Crippen molar-refractivity contribution >= 4 is 5.78 Å². The van der Waals surface area contributed by atoms with Gasteiger partial charge in [0.15, 0.2) is 0 Å². The first-order chi connectivity index (χ1) is 23.0. The van der Waals surface area contributed by atoms with E-state index in [1.165, 1.54) is 180 Å². The van der Waals surface area contributed by atoms with E-state index in [1.54, 1.807) is 0 Å². The second-order valence-electron chi connectivity index (χ2n) is 14.9. The molecule has 1 aliphatic carbocycles. The highest BCUT2D eigenvalue weighted by molar-refractivity contribution is 6.18. The summed E-state index contributed by atoms with van der Waals surface area (Å²) in [6, 6.07) is 0. The van der Waals surface area contributed by atoms with Crippen LogP contribution < -0.4 is 5.32 Å². The first-order valence-corrected chi connectivity index (χ1v) is 21.1. The van der Waals surface area contributed by atoms with Crippen LogP contribution in [0.2, 0.25) is 0 Å². The van der Waals surface area contributed by atoms with Crippen molar-refractivity contribution in [1.82, 2.24) is 10.2 Å². The SMILES string of the molecule is C=C1C(=O)C(NCCCN(CCCCCCC/C=C/CC)CCCCCCCC(CCCCCCCC)CCCCCCCC)=C1C. The Morgan fingerprint density at radius 2 is 1.04 bits per heavy atom. The lowest BCUT2D eigenvalue weighted by molar-refractivity contribution is -0.113. The lowest BCUT2D eigenvalue weighted by atomic mass is 9.88. The van der Waals surface area contributed by atoms with Gasteiger partial charge < -0.3 is 10.2 Å². The maximum Gasteiger partial charge on any atom is 0.208 e. The second-order valence-corrected chi connectivity index (χ2v) is 14.9. The Morgan fingerprint density at radius 3 is 1.53 bits per heavy atom. The highest BCUT2D eigenvalue weighted by Crippen LogP contribution is 2.26. The Balaban J connectivity index is 2.33. The lowest BCUT2D eigenvalue weighted by Crippen LogP contribution is -2.34. The Bertz CT molecular complexity index is 796. The third-order valence-electron chi connectivity index (χ3n) is 10.5. The van der Waals surface area contributed by atoms with Crippen molar-refractivity contribution in [2.75, 3.05) is 26.2 Å². The topological polar surface area (TPSA) is 32.3 Å². The summed E-state index contributed by atoms with van der Waals surface area (Å²) in [4.78, 5) is 14.7. The van der Waals surface area contributed by atoms with Crippen LogP contribution in [0.4, 0.5) is 0 Å². The predicted octanol–water partition coefficient (Wildman–Crippen LogP) is 13.4. The first-order valence-electron chi connectivity index (χ1n) is 21.1. The molecule has 0 heterocycles. The third-order valence-corrected chi connectivity index (χ3v) is 10.5. The minimum Gasteiger partial charge on any atom is -0.382 e. The average Bonchev–Trinajstić information content (AvgIpc) is 3.08. The molecule has 1 aliphatic rings. The van der Waals surface area contributed by atoms with Crippen LogP contribution in [-0.4, -0.2) is 36.9 Å². The Kier molecular flexibility index (Phi) is 29.6. The van der Waals surface area contributed by atoms with Gasteiger partial charge in [0.2, 0.25) is 5.78 Å². The van der Waals surface area contributed by atoms with Crippen LogP contribution in [0, 0.1) is 5.92 Å². The van der Waals surface area contributed by atoms with E-state index in [0.717, 1.165) is 43.1 Å². The zero-order valence-corrected chi connectivity index (χ0v) is 32.4. The molecule has 3 nitrogen and oxygen atoms in total. The van der Waals surface area contributed by atoms with E-state index >= 15 is 0 Å². The van der Waals surface area contributed by atoms with Gasteiger partial charge in [-0.1, -0.05) is 181 Å². The van der Waals surface area contributed by atoms with Crippen LogP contribution in [0.1, 0.15) is 207 Å². The molecular formula is C44H82N2O. The number of carbonyl (C=O) groups excluding carboxylic acids is 1. The molecule has 0 radical (unpaired) electrons. The van der Waals surface area contributed by atoms with Crippen LogP contribution in [0.5, 0.6) is 0 Å². The van der Waals surface area contributed by atoms with E-state index < -0.39 is 0 Å². The summed E-state index contributed by atoms with van der Waals surface area (Å²) in [5, 5.41) is 3.39. The van der Waals surface area contributed by atoms with Crippen molar-refractivity contribution in [3.63, 3.8) is 0 Å². The molecule has 0 atom stereocenters. The highest BCUT2D eigenvalue weighted by Gasteiger charge is 2.27. The summed E-state index contributed by atoms with van der Waals surface area (Å²) in [6.07, 6.45) is 43.5. The van der Waals surface area contributed by atoms with E-state index in [-0.39, 0.29) is 5.78 Å². The van der Waals surface area contributed by atoms with Crippen molar-refractivity contribution in [2.45, 2.75) is 207 Å². The summed E-state index contributed by atoms with van der Waals surface area (Å²) in [5.74, 6) is 1.10. The van der Waals surface area contributed by atoms with Gasteiger partial charge in [0.25, 0.3) is 0 Å². The van der Waals surface area contributed by atoms with Gasteiger partial charge in [-0.05, 0) is 76.6 Å². The van der Waals surface area contributed by atoms with Crippen LogP contribution >= 0.6 is 0 Å². The fraction of sp³-hybridized carbons (Fsp3) is 0.841. The molecular weight excluding hydrogens is 572 g/mol. The van der Waals surface area contributed by atoms with Crippen LogP contribution in [-0.2, 0) is 4.79 Å². The summed E-state index contributed by atoms with van der Waals surface area (Å²) in [6.45, 7) is 17.2. The maximum atomic E-state index is 12.0.